The Labute approximate surface area is 461 Å². The summed E-state index contributed by atoms with van der Waals surface area (Å²) in [7, 11) is 0. The number of benzene rings is 11. The Morgan fingerprint density at radius 1 is 0.359 bits per heavy atom. The first-order valence-corrected chi connectivity index (χ1v) is 28.6. The van der Waals surface area contributed by atoms with Crippen LogP contribution in [0.5, 0.6) is 0 Å². The average molecular weight is 1010 g/mol. The van der Waals surface area contributed by atoms with Gasteiger partial charge < -0.3 is 9.80 Å². The molecule has 0 bridgehead atoms. The van der Waals surface area contributed by atoms with Gasteiger partial charge in [-0.25, -0.2) is 0 Å². The van der Waals surface area contributed by atoms with Crippen molar-refractivity contribution < 1.29 is 0 Å². The molecule has 2 aliphatic rings. The van der Waals surface area contributed by atoms with E-state index in [1.807, 2.05) is 0 Å². The number of rotatable bonds is 16. The summed E-state index contributed by atoms with van der Waals surface area (Å²) < 4.78 is 0. The highest BCUT2D eigenvalue weighted by molar-refractivity contribution is 6.35. The average Bonchev–Trinajstić information content (AvgIpc) is 3.66. The summed E-state index contributed by atoms with van der Waals surface area (Å²) in [5.74, 6) is 0.777. The lowest BCUT2D eigenvalue weighted by molar-refractivity contribution is 0.720. The first kappa shape index (κ1) is 48.9. The number of unbranched alkanes of at least 4 members (excludes halogenated alkanes) is 2. The van der Waals surface area contributed by atoms with Crippen molar-refractivity contribution in [1.29, 1.82) is 0 Å². The maximum atomic E-state index is 2.56. The van der Waals surface area contributed by atoms with E-state index in [9.17, 15) is 0 Å². The molecule has 0 heterocycles. The molecule has 2 aliphatic carbocycles. The molecule has 78 heavy (non-hydrogen) atoms. The molecule has 2 nitrogen and oxygen atoms in total. The molecule has 0 fully saturated rings. The van der Waals surface area contributed by atoms with Crippen LogP contribution in [0.4, 0.5) is 34.1 Å². The summed E-state index contributed by atoms with van der Waals surface area (Å²) in [6.07, 6.45) is 28.3. The van der Waals surface area contributed by atoms with Crippen LogP contribution < -0.4 is 9.80 Å². The first-order valence-electron chi connectivity index (χ1n) is 28.6. The van der Waals surface area contributed by atoms with Crippen LogP contribution >= 0.6 is 0 Å². The van der Waals surface area contributed by atoms with Crippen molar-refractivity contribution >= 4 is 102 Å². The fourth-order valence-electron chi connectivity index (χ4n) is 12.9. The predicted molar refractivity (Wildman–Crippen MR) is 338 cm³/mol. The Bertz CT molecular complexity index is 3670. The van der Waals surface area contributed by atoms with Crippen LogP contribution in [-0.4, -0.2) is 0 Å². The van der Waals surface area contributed by atoms with E-state index in [4.69, 9.17) is 0 Å². The molecule has 13 rings (SSSR count). The third kappa shape index (κ3) is 9.20. The molecule has 380 valence electrons. The largest absolute Gasteiger partial charge is 0.311 e. The molecule has 0 spiro atoms. The summed E-state index contributed by atoms with van der Waals surface area (Å²) in [5.41, 5.74) is 17.8. The van der Waals surface area contributed by atoms with Crippen molar-refractivity contribution in [3.63, 3.8) is 0 Å². The molecule has 0 aliphatic heterocycles. The van der Waals surface area contributed by atoms with E-state index < -0.39 is 0 Å². The van der Waals surface area contributed by atoms with Gasteiger partial charge in [0.1, 0.15) is 0 Å². The summed E-state index contributed by atoms with van der Waals surface area (Å²) in [6, 6.07) is 76.0. The molecular formula is C76H66N2. The second-order valence-electron chi connectivity index (χ2n) is 21.5. The zero-order valence-corrected chi connectivity index (χ0v) is 45.0. The van der Waals surface area contributed by atoms with Gasteiger partial charge >= 0.3 is 0 Å². The number of anilines is 6. The van der Waals surface area contributed by atoms with Gasteiger partial charge in [0.2, 0.25) is 0 Å². The fourth-order valence-corrected chi connectivity index (χ4v) is 12.9. The van der Waals surface area contributed by atoms with Crippen LogP contribution in [0.25, 0.3) is 67.4 Å². The minimum Gasteiger partial charge on any atom is -0.311 e. The second-order valence-corrected chi connectivity index (χ2v) is 21.5. The smallest absolute Gasteiger partial charge is 0.0462 e. The molecular weight excluding hydrogens is 941 g/mol. The summed E-state index contributed by atoms with van der Waals surface area (Å²) in [4.78, 5) is 4.66. The molecule has 0 saturated heterocycles. The fraction of sp³-hybridized carbons (Fsp3) is 0.158. The molecule has 0 N–H and O–H groups in total. The van der Waals surface area contributed by atoms with Gasteiger partial charge in [-0.1, -0.05) is 197 Å². The van der Waals surface area contributed by atoms with Gasteiger partial charge in [0.25, 0.3) is 0 Å². The lowest BCUT2D eigenvalue weighted by Crippen LogP contribution is -2.11. The molecule has 0 amide bonds. The van der Waals surface area contributed by atoms with Gasteiger partial charge in [0.05, 0.1) is 0 Å². The highest BCUT2D eigenvalue weighted by atomic mass is 15.1. The minimum absolute atomic E-state index is 0.389. The van der Waals surface area contributed by atoms with E-state index in [1.165, 1.54) is 87.6 Å². The van der Waals surface area contributed by atoms with Gasteiger partial charge in [-0.05, 0) is 211 Å². The number of allylic oxidation sites excluding steroid dienone is 4. The van der Waals surface area contributed by atoms with Crippen LogP contribution in [0.1, 0.15) is 109 Å². The van der Waals surface area contributed by atoms with Crippen molar-refractivity contribution in [1.82, 2.24) is 0 Å². The Kier molecular flexibility index (Phi) is 13.6. The van der Waals surface area contributed by atoms with Gasteiger partial charge in [-0.3, -0.25) is 0 Å². The van der Waals surface area contributed by atoms with E-state index in [0.29, 0.717) is 11.8 Å². The molecule has 2 unspecified atom stereocenters. The molecule has 2 atom stereocenters. The number of nitrogens with zero attached hydrogens (tertiary/aromatic N) is 2. The molecule has 2 heteroatoms. The number of hydrogen-bond acceptors (Lipinski definition) is 2. The van der Waals surface area contributed by atoms with Gasteiger partial charge in [-0.15, -0.1) is 0 Å². The molecule has 11 aromatic rings. The third-order valence-electron chi connectivity index (χ3n) is 16.6. The number of fused-ring (bicyclic) bond motifs is 2. The number of hydrogen-bond donors (Lipinski definition) is 0. The zero-order chi connectivity index (χ0) is 52.4. The van der Waals surface area contributed by atoms with E-state index in [2.05, 4.69) is 279 Å². The molecule has 0 saturated carbocycles. The Morgan fingerprint density at radius 2 is 0.705 bits per heavy atom. The Hall–Kier alpha value is -8.72. The minimum atomic E-state index is 0.389. The van der Waals surface area contributed by atoms with E-state index in [0.717, 1.165) is 85.5 Å². The zero-order valence-electron chi connectivity index (χ0n) is 45.0. The van der Waals surface area contributed by atoms with E-state index >= 15 is 0 Å². The topological polar surface area (TPSA) is 6.48 Å². The maximum absolute atomic E-state index is 2.56. The third-order valence-corrected chi connectivity index (χ3v) is 16.6. The summed E-state index contributed by atoms with van der Waals surface area (Å²) >= 11 is 0. The first-order chi connectivity index (χ1) is 38.6. The normalized spacial score (nSPS) is 15.4. The number of para-hydroxylation sites is 4. The summed E-state index contributed by atoms with van der Waals surface area (Å²) in [6.45, 7) is 4.56. The van der Waals surface area contributed by atoms with Crippen LogP contribution in [-0.2, 0) is 12.8 Å². The lowest BCUT2D eigenvalue weighted by Gasteiger charge is -2.30. The SMILES string of the molecule is CCC/C=C/C1CCc2c(/C=C/c3ccc(N(c4ccccc4)c4ccccc4)cc3)cc3c4ccc5c6c(c(/C=C/c7ccc(N(c8ccccc8)c8ccccc8)cc7)cc(c7ccc1c2c73)c64)CCC5/C=C/CCC. The van der Waals surface area contributed by atoms with Crippen LogP contribution in [0.3, 0.4) is 0 Å². The van der Waals surface area contributed by atoms with Crippen molar-refractivity contribution in [2.75, 3.05) is 9.80 Å². The Balaban J connectivity index is 0.949. The van der Waals surface area contributed by atoms with Gasteiger partial charge in [-0.2, -0.15) is 0 Å². The Morgan fingerprint density at radius 3 is 1.05 bits per heavy atom. The van der Waals surface area contributed by atoms with Gasteiger partial charge in [0.15, 0.2) is 0 Å². The van der Waals surface area contributed by atoms with Crippen molar-refractivity contribution in [2.24, 2.45) is 0 Å². The quantitative estimate of drug-likeness (QED) is 0.0412. The maximum Gasteiger partial charge on any atom is 0.0462 e. The van der Waals surface area contributed by atoms with Crippen LogP contribution in [0, 0.1) is 0 Å². The lowest BCUT2D eigenvalue weighted by atomic mass is 9.73. The van der Waals surface area contributed by atoms with E-state index in [-0.39, 0.29) is 0 Å². The van der Waals surface area contributed by atoms with E-state index in [1.54, 1.807) is 0 Å². The number of aryl methyl sites for hydroxylation is 2. The van der Waals surface area contributed by atoms with Gasteiger partial charge in [0, 0.05) is 46.0 Å². The molecule has 0 aromatic heterocycles. The van der Waals surface area contributed by atoms with Crippen molar-refractivity contribution in [3.05, 3.63) is 275 Å². The molecule has 0 radical (unpaired) electrons. The highest BCUT2D eigenvalue weighted by Gasteiger charge is 2.29. The predicted octanol–water partition coefficient (Wildman–Crippen LogP) is 21.8. The monoisotopic (exact) mass is 1010 g/mol. The van der Waals surface area contributed by atoms with Crippen LogP contribution in [0.15, 0.2) is 231 Å². The second kappa shape index (κ2) is 21.7. The standard InChI is InChI=1S/C76H66N2/c1-3-5-11-21-55-39-45-67-57(37-31-53-33-41-63(42-34-53)77(59-23-13-7-14-24-59)60-25-15-8-16-26-60)51-71-70-50-48-66-56(22-12-6-4-2)40-46-68-58(52-72(76(70)74(66)68)69-49-47-65(55)73(67)75(69)71)38-32-54-35-43-64(44-36-54)78(61-27-17-9-18-28-61)62-29-19-10-20-30-62/h7-38,41-44,47-52,55-56H,3-6,39-40,45-46H2,1-2H3/b21-11+,22-12+,37-31+,38-32+. The van der Waals surface area contributed by atoms with Crippen molar-refractivity contribution in [2.45, 2.75) is 77.0 Å². The molecule has 11 aromatic carbocycles. The highest BCUT2D eigenvalue weighted by Crippen LogP contribution is 2.51. The van der Waals surface area contributed by atoms with Crippen molar-refractivity contribution in [3.8, 4) is 0 Å². The summed E-state index contributed by atoms with van der Waals surface area (Å²) in [5, 5.41) is 11.3. The van der Waals surface area contributed by atoms with Crippen LogP contribution in [0.2, 0.25) is 0 Å².